The van der Waals surface area contributed by atoms with E-state index in [1.165, 1.54) is 0 Å². The molecule has 0 radical (unpaired) electrons. The van der Waals surface area contributed by atoms with E-state index in [9.17, 15) is 9.90 Å². The summed E-state index contributed by atoms with van der Waals surface area (Å²) in [6.45, 7) is 0.670. The van der Waals surface area contributed by atoms with E-state index < -0.39 is 6.10 Å². The fraction of sp³-hybridized carbons (Fsp3) is 0.348. The van der Waals surface area contributed by atoms with Gasteiger partial charge in [0.05, 0.1) is 14.2 Å². The number of rotatable bonds is 8. The summed E-state index contributed by atoms with van der Waals surface area (Å²) in [6.07, 6.45) is 4.06. The molecule has 3 rings (SSSR count). The number of hydrogen-bond donors (Lipinski definition) is 2. The third-order valence-corrected chi connectivity index (χ3v) is 5.01. The van der Waals surface area contributed by atoms with Crippen LogP contribution in [0, 0.1) is 0 Å². The summed E-state index contributed by atoms with van der Waals surface area (Å²) in [7, 11) is 3.19. The maximum absolute atomic E-state index is 11.6. The van der Waals surface area contributed by atoms with E-state index in [-0.39, 0.29) is 5.78 Å². The molecule has 0 amide bonds. The van der Waals surface area contributed by atoms with Crippen LogP contribution in [0.2, 0.25) is 0 Å². The van der Waals surface area contributed by atoms with Crippen molar-refractivity contribution in [3.05, 3.63) is 70.9 Å². The van der Waals surface area contributed by atoms with Gasteiger partial charge in [-0.05, 0) is 48.1 Å². The van der Waals surface area contributed by atoms with Crippen LogP contribution in [0.1, 0.15) is 42.1 Å². The molecule has 2 N–H and O–H groups in total. The quantitative estimate of drug-likeness (QED) is 0.732. The average molecular weight is 381 g/mol. The molecule has 0 fully saturated rings. The van der Waals surface area contributed by atoms with E-state index >= 15 is 0 Å². The van der Waals surface area contributed by atoms with Gasteiger partial charge in [0.2, 0.25) is 0 Å². The first-order chi connectivity index (χ1) is 13.6. The molecule has 0 bridgehead atoms. The molecule has 0 heterocycles. The number of allylic oxidation sites excluding steroid dienone is 2. The van der Waals surface area contributed by atoms with Crippen LogP contribution in [-0.4, -0.2) is 31.7 Å². The van der Waals surface area contributed by atoms with E-state index in [0.29, 0.717) is 30.9 Å². The Balaban J connectivity index is 1.84. The van der Waals surface area contributed by atoms with Crippen molar-refractivity contribution < 1.29 is 19.4 Å². The highest BCUT2D eigenvalue weighted by atomic mass is 16.5. The number of methoxy groups -OCH3 is 2. The number of ketones is 1. The smallest absolute Gasteiger partial charge is 0.161 e. The van der Waals surface area contributed by atoms with Crippen LogP contribution < -0.4 is 14.8 Å². The fourth-order valence-corrected chi connectivity index (χ4v) is 3.51. The number of hydrogen-bond acceptors (Lipinski definition) is 5. The molecule has 0 spiro atoms. The second-order valence-electron chi connectivity index (χ2n) is 6.89. The molecule has 148 valence electrons. The Kier molecular flexibility index (Phi) is 6.71. The lowest BCUT2D eigenvalue weighted by Gasteiger charge is -2.20. The van der Waals surface area contributed by atoms with Crippen LogP contribution in [-0.2, 0) is 11.2 Å². The Labute approximate surface area is 166 Å². The Morgan fingerprint density at radius 2 is 1.79 bits per heavy atom. The molecular formula is C23H27NO4. The zero-order chi connectivity index (χ0) is 19.9. The first kappa shape index (κ1) is 20.0. The number of nitrogens with one attached hydrogen (secondary N) is 1. The average Bonchev–Trinajstić information content (AvgIpc) is 2.73. The van der Waals surface area contributed by atoms with Crippen molar-refractivity contribution in [2.75, 3.05) is 20.8 Å². The van der Waals surface area contributed by atoms with Crippen LogP contribution in [0.15, 0.2) is 54.2 Å². The maximum Gasteiger partial charge on any atom is 0.161 e. The molecule has 1 atom stereocenters. The summed E-state index contributed by atoms with van der Waals surface area (Å²) in [6, 6.07) is 13.3. The van der Waals surface area contributed by atoms with Gasteiger partial charge in [-0.2, -0.15) is 0 Å². The molecule has 0 saturated carbocycles. The lowest BCUT2D eigenvalue weighted by atomic mass is 9.94. The third kappa shape index (κ3) is 4.73. The minimum absolute atomic E-state index is 0.181. The van der Waals surface area contributed by atoms with Gasteiger partial charge in [-0.25, -0.2) is 0 Å². The molecule has 1 aliphatic rings. The lowest BCUT2D eigenvalue weighted by molar-refractivity contribution is -0.115. The molecule has 1 unspecified atom stereocenters. The van der Waals surface area contributed by atoms with Crippen LogP contribution in [0.4, 0.5) is 0 Å². The largest absolute Gasteiger partial charge is 0.493 e. The minimum atomic E-state index is -0.758. The van der Waals surface area contributed by atoms with Crippen LogP contribution in [0.5, 0.6) is 11.5 Å². The van der Waals surface area contributed by atoms with Crippen molar-refractivity contribution in [3.63, 3.8) is 0 Å². The molecule has 1 aliphatic carbocycles. The van der Waals surface area contributed by atoms with E-state index in [4.69, 9.17) is 9.47 Å². The van der Waals surface area contributed by atoms with Crippen molar-refractivity contribution in [1.82, 2.24) is 5.32 Å². The topological polar surface area (TPSA) is 67.8 Å². The van der Waals surface area contributed by atoms with Gasteiger partial charge < -0.3 is 19.9 Å². The summed E-state index contributed by atoms with van der Waals surface area (Å²) in [4.78, 5) is 11.6. The highest BCUT2D eigenvalue weighted by Crippen LogP contribution is 2.35. The molecule has 0 saturated heterocycles. The van der Waals surface area contributed by atoms with Crippen LogP contribution in [0.3, 0.4) is 0 Å². The molecule has 2 aromatic rings. The Hall–Kier alpha value is -2.79. The standard InChI is InChI=1S/C23H27NO4/c1-27-21-13-17(11-12-24-18-9-6-10-19(25)14-18)20(15-22(21)28-2)23(26)16-7-4-3-5-8-16/h3-5,7-8,13-15,23-24,26H,6,9-12H2,1-2H3. The SMILES string of the molecule is COc1cc(CCNC2=CC(=O)CCC2)c(C(O)c2ccccc2)cc1OC. The molecule has 2 aromatic carbocycles. The summed E-state index contributed by atoms with van der Waals surface area (Å²) in [5, 5.41) is 14.3. The van der Waals surface area contributed by atoms with Gasteiger partial charge >= 0.3 is 0 Å². The Bertz CT molecular complexity index is 845. The molecule has 5 nitrogen and oxygen atoms in total. The van der Waals surface area contributed by atoms with Gasteiger partial charge in [0, 0.05) is 24.7 Å². The number of carbonyl (C=O) groups is 1. The van der Waals surface area contributed by atoms with E-state index in [1.807, 2.05) is 42.5 Å². The first-order valence-electron chi connectivity index (χ1n) is 9.57. The molecule has 5 heteroatoms. The third-order valence-electron chi connectivity index (χ3n) is 5.01. The van der Waals surface area contributed by atoms with Gasteiger partial charge in [0.1, 0.15) is 6.10 Å². The second-order valence-corrected chi connectivity index (χ2v) is 6.89. The number of ether oxygens (including phenoxy) is 2. The Morgan fingerprint density at radius 1 is 1.07 bits per heavy atom. The molecule has 0 aliphatic heterocycles. The van der Waals surface area contributed by atoms with Crippen molar-refractivity contribution >= 4 is 5.78 Å². The summed E-state index contributed by atoms with van der Waals surface area (Å²) in [5.41, 5.74) is 3.58. The van der Waals surface area contributed by atoms with Crippen molar-refractivity contribution in [1.29, 1.82) is 0 Å². The number of aliphatic hydroxyl groups is 1. The number of aliphatic hydroxyl groups excluding tert-OH is 1. The Morgan fingerprint density at radius 3 is 2.46 bits per heavy atom. The highest BCUT2D eigenvalue weighted by molar-refractivity contribution is 5.91. The first-order valence-corrected chi connectivity index (χ1v) is 9.57. The monoisotopic (exact) mass is 381 g/mol. The predicted molar refractivity (Wildman–Crippen MR) is 109 cm³/mol. The van der Waals surface area contributed by atoms with Gasteiger partial charge in [-0.15, -0.1) is 0 Å². The van der Waals surface area contributed by atoms with Gasteiger partial charge in [0.25, 0.3) is 0 Å². The van der Waals surface area contributed by atoms with Crippen molar-refractivity contribution in [3.8, 4) is 11.5 Å². The summed E-state index contributed by atoms with van der Waals surface area (Å²) >= 11 is 0. The lowest BCUT2D eigenvalue weighted by Crippen LogP contribution is -2.21. The normalized spacial score (nSPS) is 15.0. The minimum Gasteiger partial charge on any atom is -0.493 e. The predicted octanol–water partition coefficient (Wildman–Crippen LogP) is 3.55. The van der Waals surface area contributed by atoms with E-state index in [2.05, 4.69) is 5.32 Å². The van der Waals surface area contributed by atoms with Gasteiger partial charge in [-0.1, -0.05) is 30.3 Å². The van der Waals surface area contributed by atoms with E-state index in [0.717, 1.165) is 35.2 Å². The van der Waals surface area contributed by atoms with Gasteiger partial charge in [-0.3, -0.25) is 4.79 Å². The second kappa shape index (κ2) is 9.42. The summed E-state index contributed by atoms with van der Waals surface area (Å²) < 4.78 is 10.9. The molecule has 0 aromatic heterocycles. The van der Waals surface area contributed by atoms with E-state index in [1.54, 1.807) is 20.3 Å². The summed E-state index contributed by atoms with van der Waals surface area (Å²) in [5.74, 6) is 1.40. The fourth-order valence-electron chi connectivity index (χ4n) is 3.51. The van der Waals surface area contributed by atoms with Crippen molar-refractivity contribution in [2.24, 2.45) is 0 Å². The van der Waals surface area contributed by atoms with Gasteiger partial charge in [0.15, 0.2) is 17.3 Å². The zero-order valence-corrected chi connectivity index (χ0v) is 16.4. The zero-order valence-electron chi connectivity index (χ0n) is 16.4. The highest BCUT2D eigenvalue weighted by Gasteiger charge is 2.19. The van der Waals surface area contributed by atoms with Crippen LogP contribution >= 0.6 is 0 Å². The van der Waals surface area contributed by atoms with Crippen LogP contribution in [0.25, 0.3) is 0 Å². The molecular weight excluding hydrogens is 354 g/mol. The maximum atomic E-state index is 11.6. The molecule has 28 heavy (non-hydrogen) atoms. The van der Waals surface area contributed by atoms with Crippen molar-refractivity contribution in [2.45, 2.75) is 31.8 Å². The number of benzene rings is 2. The number of carbonyl (C=O) groups excluding carboxylic acids is 1.